The van der Waals surface area contributed by atoms with Crippen molar-refractivity contribution in [3.05, 3.63) is 23.8 Å². The van der Waals surface area contributed by atoms with E-state index >= 15 is 0 Å². The summed E-state index contributed by atoms with van der Waals surface area (Å²) >= 11 is 0. The molecule has 3 nitrogen and oxygen atoms in total. The van der Waals surface area contributed by atoms with Crippen molar-refractivity contribution in [2.45, 2.75) is 25.8 Å². The Balaban J connectivity index is 2.05. The lowest BCUT2D eigenvalue weighted by atomic mass is 10.1. The monoisotopic (exact) mass is 245 g/mol. The van der Waals surface area contributed by atoms with Crippen molar-refractivity contribution in [3.63, 3.8) is 0 Å². The first kappa shape index (κ1) is 12.8. The van der Waals surface area contributed by atoms with Gasteiger partial charge in [0.05, 0.1) is 13.2 Å². The van der Waals surface area contributed by atoms with E-state index in [1.807, 2.05) is 12.1 Å². The van der Waals surface area contributed by atoms with Crippen molar-refractivity contribution in [3.8, 4) is 23.8 Å². The molecule has 96 valence electrons. The number of hydrogen-bond acceptors (Lipinski definition) is 3. The maximum absolute atomic E-state index is 5.68. The molecule has 1 atom stereocenters. The van der Waals surface area contributed by atoms with Crippen molar-refractivity contribution in [2.24, 2.45) is 0 Å². The van der Waals surface area contributed by atoms with Crippen LogP contribution in [0.25, 0.3) is 0 Å². The molecule has 1 aromatic rings. The molecule has 0 spiro atoms. The average molecular weight is 245 g/mol. The second-order valence-corrected chi connectivity index (χ2v) is 4.39. The summed E-state index contributed by atoms with van der Waals surface area (Å²) in [7, 11) is 0. The van der Waals surface area contributed by atoms with Crippen molar-refractivity contribution in [1.29, 1.82) is 0 Å². The van der Waals surface area contributed by atoms with Crippen LogP contribution in [0, 0.1) is 12.3 Å². The molecule has 0 radical (unpaired) electrons. The van der Waals surface area contributed by atoms with Crippen LogP contribution in [0.5, 0.6) is 11.5 Å². The number of benzene rings is 1. The Morgan fingerprint density at radius 1 is 1.33 bits per heavy atom. The number of terminal acetylenes is 1. The normalized spacial score (nSPS) is 15.6. The van der Waals surface area contributed by atoms with Gasteiger partial charge >= 0.3 is 0 Å². The Morgan fingerprint density at radius 3 is 2.89 bits per heavy atom. The summed E-state index contributed by atoms with van der Waals surface area (Å²) in [6, 6.07) is 6.36. The molecule has 3 heteroatoms. The third-order valence-corrected chi connectivity index (χ3v) is 2.99. The predicted octanol–water partition coefficient (Wildman–Crippen LogP) is 2.52. The highest BCUT2D eigenvalue weighted by molar-refractivity contribution is 5.44. The summed E-state index contributed by atoms with van der Waals surface area (Å²) in [4.78, 5) is 0. The van der Waals surface area contributed by atoms with E-state index in [4.69, 9.17) is 15.9 Å². The third kappa shape index (κ3) is 3.18. The minimum absolute atomic E-state index is 0.260. The van der Waals surface area contributed by atoms with Gasteiger partial charge in [-0.2, -0.15) is 0 Å². The van der Waals surface area contributed by atoms with E-state index in [1.165, 1.54) is 5.56 Å². The Kier molecular flexibility index (Phi) is 4.49. The van der Waals surface area contributed by atoms with Gasteiger partial charge in [0.25, 0.3) is 0 Å². The zero-order valence-corrected chi connectivity index (χ0v) is 10.7. The fourth-order valence-corrected chi connectivity index (χ4v) is 1.93. The summed E-state index contributed by atoms with van der Waals surface area (Å²) in [6.45, 7) is 4.39. The van der Waals surface area contributed by atoms with E-state index in [-0.39, 0.29) is 6.04 Å². The third-order valence-electron chi connectivity index (χ3n) is 2.99. The summed E-state index contributed by atoms with van der Waals surface area (Å²) in [5.74, 6) is 4.31. The number of ether oxygens (including phenoxy) is 2. The largest absolute Gasteiger partial charge is 0.490 e. The van der Waals surface area contributed by atoms with Gasteiger partial charge in [-0.1, -0.05) is 6.07 Å². The molecule has 0 saturated heterocycles. The highest BCUT2D eigenvalue weighted by Crippen LogP contribution is 2.32. The van der Waals surface area contributed by atoms with Crippen LogP contribution in [0.3, 0.4) is 0 Å². The molecule has 1 aromatic carbocycles. The number of fused-ring (bicyclic) bond motifs is 1. The van der Waals surface area contributed by atoms with Crippen LogP contribution >= 0.6 is 0 Å². The Morgan fingerprint density at radius 2 is 2.11 bits per heavy atom. The zero-order valence-electron chi connectivity index (χ0n) is 10.7. The second kappa shape index (κ2) is 6.32. The van der Waals surface area contributed by atoms with Crippen LogP contribution in [0.2, 0.25) is 0 Å². The van der Waals surface area contributed by atoms with Crippen LogP contribution in [0.15, 0.2) is 18.2 Å². The van der Waals surface area contributed by atoms with Gasteiger partial charge in [0.1, 0.15) is 0 Å². The van der Waals surface area contributed by atoms with Gasteiger partial charge in [0.15, 0.2) is 11.5 Å². The SMILES string of the molecule is C#CCCNC(C)c1ccc2c(c1)OCCCO2. The quantitative estimate of drug-likeness (QED) is 0.653. The van der Waals surface area contributed by atoms with E-state index in [1.54, 1.807) is 0 Å². The maximum atomic E-state index is 5.68. The zero-order chi connectivity index (χ0) is 12.8. The van der Waals surface area contributed by atoms with Gasteiger partial charge in [0, 0.05) is 25.4 Å². The summed E-state index contributed by atoms with van der Waals surface area (Å²) in [6.07, 6.45) is 6.91. The first-order chi connectivity index (χ1) is 8.81. The van der Waals surface area contributed by atoms with Crippen LogP contribution < -0.4 is 14.8 Å². The molecule has 2 rings (SSSR count). The number of rotatable bonds is 4. The van der Waals surface area contributed by atoms with Gasteiger partial charge in [-0.15, -0.1) is 12.3 Å². The molecule has 1 N–H and O–H groups in total. The molecule has 1 unspecified atom stereocenters. The van der Waals surface area contributed by atoms with Crippen LogP contribution in [-0.4, -0.2) is 19.8 Å². The Bertz CT molecular complexity index is 437. The molecular formula is C15H19NO2. The highest BCUT2D eigenvalue weighted by Gasteiger charge is 2.13. The Labute approximate surface area is 108 Å². The Hall–Kier alpha value is -1.66. The molecule has 18 heavy (non-hydrogen) atoms. The van der Waals surface area contributed by atoms with Gasteiger partial charge in [-0.3, -0.25) is 0 Å². The number of nitrogens with one attached hydrogen (secondary N) is 1. The predicted molar refractivity (Wildman–Crippen MR) is 71.9 cm³/mol. The van der Waals surface area contributed by atoms with E-state index in [2.05, 4.69) is 24.2 Å². The van der Waals surface area contributed by atoms with E-state index in [0.717, 1.165) is 44.1 Å². The van der Waals surface area contributed by atoms with Crippen LogP contribution in [0.1, 0.15) is 31.4 Å². The van der Waals surface area contributed by atoms with Crippen molar-refractivity contribution in [1.82, 2.24) is 5.32 Å². The molecule has 0 aliphatic carbocycles. The summed E-state index contributed by atoms with van der Waals surface area (Å²) < 4.78 is 11.3. The van der Waals surface area contributed by atoms with Crippen LogP contribution in [-0.2, 0) is 0 Å². The topological polar surface area (TPSA) is 30.5 Å². The van der Waals surface area contributed by atoms with Crippen molar-refractivity contribution in [2.75, 3.05) is 19.8 Å². The van der Waals surface area contributed by atoms with Crippen LogP contribution in [0.4, 0.5) is 0 Å². The lowest BCUT2D eigenvalue weighted by molar-refractivity contribution is 0.297. The van der Waals surface area contributed by atoms with E-state index in [0.29, 0.717) is 0 Å². The minimum atomic E-state index is 0.260. The van der Waals surface area contributed by atoms with Crippen molar-refractivity contribution >= 4 is 0 Å². The van der Waals surface area contributed by atoms with E-state index < -0.39 is 0 Å². The fraction of sp³-hybridized carbons (Fsp3) is 0.467. The van der Waals surface area contributed by atoms with Gasteiger partial charge in [-0.05, 0) is 24.6 Å². The standard InChI is InChI=1S/C15H19NO2/c1-3-4-8-16-12(2)13-6-7-14-15(11-13)18-10-5-9-17-14/h1,6-7,11-12,16H,4-5,8-10H2,2H3. The molecular weight excluding hydrogens is 226 g/mol. The first-order valence-corrected chi connectivity index (χ1v) is 6.37. The summed E-state index contributed by atoms with van der Waals surface area (Å²) in [5.41, 5.74) is 1.19. The van der Waals surface area contributed by atoms with E-state index in [9.17, 15) is 0 Å². The minimum Gasteiger partial charge on any atom is -0.490 e. The first-order valence-electron chi connectivity index (χ1n) is 6.37. The maximum Gasteiger partial charge on any atom is 0.161 e. The lowest BCUT2D eigenvalue weighted by Crippen LogP contribution is -2.19. The highest BCUT2D eigenvalue weighted by atomic mass is 16.5. The molecule has 0 aromatic heterocycles. The molecule has 1 aliphatic rings. The molecule has 1 heterocycles. The molecule has 0 fully saturated rings. The van der Waals surface area contributed by atoms with Gasteiger partial charge in [-0.25, -0.2) is 0 Å². The average Bonchev–Trinajstić information content (AvgIpc) is 2.63. The van der Waals surface area contributed by atoms with Gasteiger partial charge in [0.2, 0.25) is 0 Å². The molecule has 0 bridgehead atoms. The number of hydrogen-bond donors (Lipinski definition) is 1. The molecule has 0 amide bonds. The second-order valence-electron chi connectivity index (χ2n) is 4.39. The molecule has 1 aliphatic heterocycles. The smallest absolute Gasteiger partial charge is 0.161 e. The lowest BCUT2D eigenvalue weighted by Gasteiger charge is -2.15. The summed E-state index contributed by atoms with van der Waals surface area (Å²) in [5, 5.41) is 3.38. The van der Waals surface area contributed by atoms with Crippen molar-refractivity contribution < 1.29 is 9.47 Å². The van der Waals surface area contributed by atoms with Gasteiger partial charge < -0.3 is 14.8 Å². The molecule has 0 saturated carbocycles. The fourth-order valence-electron chi connectivity index (χ4n) is 1.93.